The highest BCUT2D eigenvalue weighted by molar-refractivity contribution is 8.13. The van der Waals surface area contributed by atoms with E-state index < -0.39 is 9.05 Å². The Kier molecular flexibility index (Phi) is 4.36. The topological polar surface area (TPSA) is 54.5 Å². The molecule has 0 saturated carbocycles. The predicted octanol–water partition coefficient (Wildman–Crippen LogP) is 3.12. The Bertz CT molecular complexity index is 649. The number of likely N-dealkylation sites (tertiary alicyclic amines) is 1. The fourth-order valence-electron chi connectivity index (χ4n) is 2.68. The van der Waals surface area contributed by atoms with Crippen LogP contribution in [0.2, 0.25) is 0 Å². The van der Waals surface area contributed by atoms with E-state index >= 15 is 0 Å². The third kappa shape index (κ3) is 3.58. The second-order valence-electron chi connectivity index (χ2n) is 6.54. The van der Waals surface area contributed by atoms with Crippen molar-refractivity contribution in [2.45, 2.75) is 32.1 Å². The minimum Gasteiger partial charge on any atom is -0.338 e. The molecule has 1 aromatic rings. The van der Waals surface area contributed by atoms with Gasteiger partial charge in [0.2, 0.25) is 0 Å². The van der Waals surface area contributed by atoms with Gasteiger partial charge in [-0.2, -0.15) is 0 Å². The summed E-state index contributed by atoms with van der Waals surface area (Å²) in [4.78, 5) is 14.2. The number of hydrogen-bond acceptors (Lipinski definition) is 3. The zero-order valence-corrected chi connectivity index (χ0v) is 14.0. The molecule has 1 heterocycles. The third-order valence-corrected chi connectivity index (χ3v) is 5.46. The van der Waals surface area contributed by atoms with Gasteiger partial charge in [0.1, 0.15) is 0 Å². The minimum atomic E-state index is -3.93. The predicted molar refractivity (Wildman–Crippen MR) is 82.9 cm³/mol. The van der Waals surface area contributed by atoms with E-state index in [1.807, 2.05) is 0 Å². The van der Waals surface area contributed by atoms with Gasteiger partial charge in [-0.1, -0.05) is 32.9 Å². The van der Waals surface area contributed by atoms with Crippen molar-refractivity contribution in [3.8, 4) is 0 Å². The number of nitrogens with zero attached hydrogens (tertiary/aromatic N) is 1. The molecular weight excluding hydrogens is 310 g/mol. The monoisotopic (exact) mass is 329 g/mol. The maximum absolute atomic E-state index is 12.6. The number of rotatable bonds is 2. The summed E-state index contributed by atoms with van der Waals surface area (Å²) >= 11 is 0. The molecule has 1 amide bonds. The summed E-state index contributed by atoms with van der Waals surface area (Å²) in [6.45, 7) is 7.77. The van der Waals surface area contributed by atoms with Crippen LogP contribution in [0.15, 0.2) is 29.2 Å². The number of carbonyl (C=O) groups excluding carboxylic acids is 1. The van der Waals surface area contributed by atoms with Gasteiger partial charge in [0, 0.05) is 23.8 Å². The van der Waals surface area contributed by atoms with E-state index in [1.54, 1.807) is 17.0 Å². The van der Waals surface area contributed by atoms with Crippen molar-refractivity contribution in [3.63, 3.8) is 0 Å². The second-order valence-corrected chi connectivity index (χ2v) is 9.07. The first-order valence-corrected chi connectivity index (χ1v) is 9.24. The normalized spacial score (nSPS) is 19.8. The van der Waals surface area contributed by atoms with E-state index in [9.17, 15) is 13.2 Å². The maximum Gasteiger partial charge on any atom is 0.262 e. The lowest BCUT2D eigenvalue weighted by Gasteiger charge is -2.27. The fraction of sp³-hybridized carbons (Fsp3) is 0.533. The van der Waals surface area contributed by atoms with E-state index in [2.05, 4.69) is 20.8 Å². The summed E-state index contributed by atoms with van der Waals surface area (Å²) < 4.78 is 23.2. The van der Waals surface area contributed by atoms with Crippen LogP contribution in [-0.2, 0) is 9.05 Å². The van der Waals surface area contributed by atoms with Crippen LogP contribution in [0.3, 0.4) is 0 Å². The van der Waals surface area contributed by atoms with E-state index in [-0.39, 0.29) is 21.8 Å². The molecule has 0 spiro atoms. The van der Waals surface area contributed by atoms with Gasteiger partial charge in [-0.25, -0.2) is 8.42 Å². The van der Waals surface area contributed by atoms with Crippen molar-refractivity contribution in [2.24, 2.45) is 11.3 Å². The third-order valence-electron chi connectivity index (χ3n) is 4.08. The van der Waals surface area contributed by atoms with Gasteiger partial charge >= 0.3 is 0 Å². The minimum absolute atomic E-state index is 0.115. The van der Waals surface area contributed by atoms with Crippen LogP contribution in [0.25, 0.3) is 0 Å². The first-order valence-electron chi connectivity index (χ1n) is 6.93. The van der Waals surface area contributed by atoms with Crippen LogP contribution in [-0.4, -0.2) is 32.3 Å². The van der Waals surface area contributed by atoms with Crippen LogP contribution in [0.1, 0.15) is 37.6 Å². The first kappa shape index (κ1) is 16.3. The Morgan fingerprint density at radius 1 is 1.29 bits per heavy atom. The van der Waals surface area contributed by atoms with Gasteiger partial charge in [0.15, 0.2) is 0 Å². The van der Waals surface area contributed by atoms with Gasteiger partial charge in [0.05, 0.1) is 10.5 Å². The van der Waals surface area contributed by atoms with E-state index in [1.165, 1.54) is 12.1 Å². The lowest BCUT2D eigenvalue weighted by atomic mass is 9.80. The van der Waals surface area contributed by atoms with Crippen LogP contribution in [0, 0.1) is 11.3 Å². The molecule has 21 heavy (non-hydrogen) atoms. The van der Waals surface area contributed by atoms with Gasteiger partial charge in [-0.05, 0) is 29.9 Å². The number of hydrogen-bond donors (Lipinski definition) is 0. The number of halogens is 1. The van der Waals surface area contributed by atoms with Crippen LogP contribution < -0.4 is 0 Å². The molecule has 1 saturated heterocycles. The lowest BCUT2D eigenvalue weighted by Crippen LogP contribution is -2.31. The number of amides is 1. The molecule has 0 N–H and O–H groups in total. The molecule has 1 aromatic carbocycles. The molecule has 1 unspecified atom stereocenters. The maximum atomic E-state index is 12.6. The molecule has 1 atom stereocenters. The van der Waals surface area contributed by atoms with Crippen molar-refractivity contribution in [1.82, 2.24) is 4.90 Å². The van der Waals surface area contributed by atoms with E-state index in [0.717, 1.165) is 6.42 Å². The summed E-state index contributed by atoms with van der Waals surface area (Å²) in [6, 6.07) is 6.10. The van der Waals surface area contributed by atoms with Crippen molar-refractivity contribution in [2.75, 3.05) is 13.1 Å². The largest absolute Gasteiger partial charge is 0.338 e. The van der Waals surface area contributed by atoms with Crippen molar-refractivity contribution in [3.05, 3.63) is 29.8 Å². The van der Waals surface area contributed by atoms with E-state index in [0.29, 0.717) is 19.0 Å². The molecule has 0 aromatic heterocycles. The van der Waals surface area contributed by atoms with Gasteiger partial charge in [-0.15, -0.1) is 0 Å². The van der Waals surface area contributed by atoms with Crippen LogP contribution in [0.5, 0.6) is 0 Å². The fourth-order valence-corrected chi connectivity index (χ4v) is 3.74. The summed E-state index contributed by atoms with van der Waals surface area (Å²) in [5, 5.41) is 0. The first-order chi connectivity index (χ1) is 9.60. The van der Waals surface area contributed by atoms with Crippen LogP contribution >= 0.6 is 10.7 Å². The smallest absolute Gasteiger partial charge is 0.262 e. The van der Waals surface area contributed by atoms with Gasteiger partial charge in [-0.3, -0.25) is 4.79 Å². The van der Waals surface area contributed by atoms with Crippen LogP contribution in [0.4, 0.5) is 0 Å². The summed E-state index contributed by atoms with van der Waals surface area (Å²) in [5.74, 6) is 0.155. The highest BCUT2D eigenvalue weighted by atomic mass is 35.7. The Labute approximate surface area is 130 Å². The molecule has 0 aliphatic carbocycles. The quantitative estimate of drug-likeness (QED) is 0.783. The highest BCUT2D eigenvalue weighted by Gasteiger charge is 2.35. The molecule has 0 bridgehead atoms. The summed E-state index contributed by atoms with van der Waals surface area (Å²) in [6.07, 6.45) is 0.936. The Hall–Kier alpha value is -1.07. The Balaban J connectivity index is 2.27. The highest BCUT2D eigenvalue weighted by Crippen LogP contribution is 2.34. The van der Waals surface area contributed by atoms with Crippen molar-refractivity contribution >= 4 is 25.6 Å². The van der Waals surface area contributed by atoms with Gasteiger partial charge < -0.3 is 4.90 Å². The van der Waals surface area contributed by atoms with Gasteiger partial charge in [0.25, 0.3) is 15.0 Å². The zero-order chi connectivity index (χ0) is 15.8. The Morgan fingerprint density at radius 3 is 2.43 bits per heavy atom. The standard InChI is InChI=1S/C15H20ClNO3S/c1-15(2,3)11-8-9-17(10-11)14(18)12-6-4-5-7-13(12)21(16,19)20/h4-7,11H,8-10H2,1-3H3. The average Bonchev–Trinajstić information content (AvgIpc) is 2.86. The molecule has 1 aliphatic rings. The molecule has 4 nitrogen and oxygen atoms in total. The summed E-state index contributed by atoms with van der Waals surface area (Å²) in [7, 11) is 1.49. The molecule has 0 radical (unpaired) electrons. The molecule has 1 aliphatic heterocycles. The molecule has 1 fully saturated rings. The number of benzene rings is 1. The second kappa shape index (κ2) is 5.61. The molecular formula is C15H20ClNO3S. The lowest BCUT2D eigenvalue weighted by molar-refractivity contribution is 0.0773. The molecule has 2 rings (SSSR count). The van der Waals surface area contributed by atoms with Crippen molar-refractivity contribution < 1.29 is 13.2 Å². The average molecular weight is 330 g/mol. The summed E-state index contributed by atoms with van der Waals surface area (Å²) in [5.41, 5.74) is 0.287. The number of carbonyl (C=O) groups is 1. The van der Waals surface area contributed by atoms with E-state index in [4.69, 9.17) is 10.7 Å². The SMILES string of the molecule is CC(C)(C)C1CCN(C(=O)c2ccccc2S(=O)(=O)Cl)C1. The zero-order valence-electron chi connectivity index (χ0n) is 12.5. The molecule has 116 valence electrons. The molecule has 6 heteroatoms. The van der Waals surface area contributed by atoms with Crippen molar-refractivity contribution in [1.29, 1.82) is 0 Å². The Morgan fingerprint density at radius 2 is 1.90 bits per heavy atom.